The van der Waals surface area contributed by atoms with E-state index in [9.17, 15) is 4.79 Å². The zero-order valence-corrected chi connectivity index (χ0v) is 19.2. The van der Waals surface area contributed by atoms with Crippen molar-refractivity contribution in [1.29, 1.82) is 0 Å². The van der Waals surface area contributed by atoms with Crippen LogP contribution in [0.25, 0.3) is 0 Å². The standard InChI is InChI=1S/C22H34Cl2N4O/c1-3-26(2)12-11-17-7-9-18(10-8-17)25-22(29)28-15-13-27(14-16-28)20-6-4-5-19(23)21(20)24/h4-6,17-18H,3,7-16H2,1-2H3,(H,25,29). The van der Waals surface area contributed by atoms with Gasteiger partial charge in [-0.3, -0.25) is 0 Å². The van der Waals surface area contributed by atoms with E-state index in [2.05, 4.69) is 29.1 Å². The number of hydrogen-bond acceptors (Lipinski definition) is 3. The van der Waals surface area contributed by atoms with E-state index >= 15 is 0 Å². The smallest absolute Gasteiger partial charge is 0.317 e. The molecule has 1 aliphatic heterocycles. The van der Waals surface area contributed by atoms with E-state index in [-0.39, 0.29) is 6.03 Å². The fourth-order valence-corrected chi connectivity index (χ4v) is 4.72. The Hall–Kier alpha value is -1.17. The third-order valence-corrected chi connectivity index (χ3v) is 7.28. The summed E-state index contributed by atoms with van der Waals surface area (Å²) >= 11 is 12.5. The summed E-state index contributed by atoms with van der Waals surface area (Å²) in [5.41, 5.74) is 0.950. The molecule has 0 bridgehead atoms. The predicted octanol–water partition coefficient (Wildman–Crippen LogP) is 4.73. The maximum absolute atomic E-state index is 12.7. The molecule has 1 saturated heterocycles. The average Bonchev–Trinajstić information content (AvgIpc) is 2.75. The molecule has 0 atom stereocenters. The number of nitrogens with one attached hydrogen (secondary N) is 1. The SMILES string of the molecule is CCN(C)CCC1CCC(NC(=O)N2CCN(c3cccc(Cl)c3Cl)CC2)CC1. The van der Waals surface area contributed by atoms with Gasteiger partial charge >= 0.3 is 6.03 Å². The van der Waals surface area contributed by atoms with E-state index < -0.39 is 0 Å². The lowest BCUT2D eigenvalue weighted by molar-refractivity contribution is 0.181. The Kier molecular flexibility index (Phi) is 8.34. The molecule has 1 aromatic carbocycles. The number of benzene rings is 1. The Labute approximate surface area is 185 Å². The molecule has 29 heavy (non-hydrogen) atoms. The molecule has 5 nitrogen and oxygen atoms in total. The average molecular weight is 441 g/mol. The lowest BCUT2D eigenvalue weighted by Gasteiger charge is -2.38. The number of urea groups is 1. The van der Waals surface area contributed by atoms with Crippen LogP contribution in [0.5, 0.6) is 0 Å². The monoisotopic (exact) mass is 440 g/mol. The minimum Gasteiger partial charge on any atom is -0.367 e. The summed E-state index contributed by atoms with van der Waals surface area (Å²) in [5, 5.41) is 4.43. The zero-order chi connectivity index (χ0) is 20.8. The van der Waals surface area contributed by atoms with Gasteiger partial charge in [-0.1, -0.05) is 36.2 Å². The Bertz CT molecular complexity index is 671. The maximum Gasteiger partial charge on any atom is 0.317 e. The van der Waals surface area contributed by atoms with Crippen molar-refractivity contribution in [3.8, 4) is 0 Å². The summed E-state index contributed by atoms with van der Waals surface area (Å²) in [4.78, 5) is 19.2. The number of halogens is 2. The van der Waals surface area contributed by atoms with Crippen LogP contribution < -0.4 is 10.2 Å². The quantitative estimate of drug-likeness (QED) is 0.694. The van der Waals surface area contributed by atoms with Crippen LogP contribution in [-0.2, 0) is 0 Å². The Morgan fingerprint density at radius 3 is 2.48 bits per heavy atom. The summed E-state index contributed by atoms with van der Waals surface area (Å²) in [6.45, 7) is 7.44. The third-order valence-electron chi connectivity index (χ3n) is 6.47. The van der Waals surface area contributed by atoms with Crippen LogP contribution in [0.2, 0.25) is 10.0 Å². The van der Waals surface area contributed by atoms with Gasteiger partial charge in [0.2, 0.25) is 0 Å². The van der Waals surface area contributed by atoms with Crippen molar-refractivity contribution in [3.05, 3.63) is 28.2 Å². The number of rotatable bonds is 6. The van der Waals surface area contributed by atoms with Crippen molar-refractivity contribution < 1.29 is 4.79 Å². The van der Waals surface area contributed by atoms with Crippen molar-refractivity contribution >= 4 is 34.9 Å². The number of carbonyl (C=O) groups is 1. The third kappa shape index (κ3) is 6.16. The number of anilines is 1. The van der Waals surface area contributed by atoms with Gasteiger partial charge in [-0.25, -0.2) is 4.79 Å². The highest BCUT2D eigenvalue weighted by atomic mass is 35.5. The molecule has 1 aromatic rings. The Morgan fingerprint density at radius 1 is 1.14 bits per heavy atom. The molecule has 0 spiro atoms. The second-order valence-electron chi connectivity index (χ2n) is 8.40. The van der Waals surface area contributed by atoms with Gasteiger partial charge in [0.1, 0.15) is 0 Å². The van der Waals surface area contributed by atoms with Crippen LogP contribution in [0, 0.1) is 5.92 Å². The number of piperazine rings is 1. The number of nitrogens with zero attached hydrogens (tertiary/aromatic N) is 3. The molecule has 3 rings (SSSR count). The topological polar surface area (TPSA) is 38.8 Å². The Morgan fingerprint density at radius 2 is 1.83 bits per heavy atom. The fraction of sp³-hybridized carbons (Fsp3) is 0.682. The summed E-state index contributed by atoms with van der Waals surface area (Å²) < 4.78 is 0. The summed E-state index contributed by atoms with van der Waals surface area (Å²) in [5.74, 6) is 0.808. The van der Waals surface area contributed by atoms with Gasteiger partial charge in [-0.05, 0) is 70.3 Å². The number of amides is 2. The summed E-state index contributed by atoms with van der Waals surface area (Å²) in [7, 11) is 2.19. The van der Waals surface area contributed by atoms with Crippen LogP contribution in [0.1, 0.15) is 39.0 Å². The molecule has 2 aliphatic rings. The van der Waals surface area contributed by atoms with Crippen LogP contribution in [0.4, 0.5) is 10.5 Å². The maximum atomic E-state index is 12.7. The van der Waals surface area contributed by atoms with Crippen molar-refractivity contribution in [2.24, 2.45) is 5.92 Å². The highest BCUT2D eigenvalue weighted by Gasteiger charge is 2.27. The lowest BCUT2D eigenvalue weighted by atomic mass is 9.84. The van der Waals surface area contributed by atoms with Crippen LogP contribution in [0.15, 0.2) is 18.2 Å². The van der Waals surface area contributed by atoms with Gasteiger partial charge in [0.25, 0.3) is 0 Å². The van der Waals surface area contributed by atoms with E-state index in [4.69, 9.17) is 23.2 Å². The second-order valence-corrected chi connectivity index (χ2v) is 9.18. The van der Waals surface area contributed by atoms with E-state index in [1.54, 1.807) is 6.07 Å². The second kappa shape index (κ2) is 10.7. The number of carbonyl (C=O) groups excluding carboxylic acids is 1. The van der Waals surface area contributed by atoms with Gasteiger partial charge in [0, 0.05) is 32.2 Å². The highest BCUT2D eigenvalue weighted by Crippen LogP contribution is 2.33. The molecule has 2 fully saturated rings. The normalized spacial score (nSPS) is 22.8. The minimum absolute atomic E-state index is 0.0796. The van der Waals surface area contributed by atoms with E-state index in [0.717, 1.165) is 44.1 Å². The van der Waals surface area contributed by atoms with Crippen molar-refractivity contribution in [1.82, 2.24) is 15.1 Å². The van der Waals surface area contributed by atoms with E-state index in [1.165, 1.54) is 25.8 Å². The van der Waals surface area contributed by atoms with Crippen LogP contribution in [0.3, 0.4) is 0 Å². The van der Waals surface area contributed by atoms with Crippen molar-refractivity contribution in [2.45, 2.75) is 45.1 Å². The number of hydrogen-bond donors (Lipinski definition) is 1. The van der Waals surface area contributed by atoms with E-state index in [1.807, 2.05) is 17.0 Å². The summed E-state index contributed by atoms with van der Waals surface area (Å²) in [6.07, 6.45) is 5.93. The minimum atomic E-state index is 0.0796. The van der Waals surface area contributed by atoms with Crippen molar-refractivity contribution in [2.75, 3.05) is 51.2 Å². The molecule has 0 radical (unpaired) electrons. The largest absolute Gasteiger partial charge is 0.367 e. The molecule has 1 N–H and O–H groups in total. The molecule has 162 valence electrons. The van der Waals surface area contributed by atoms with Crippen LogP contribution >= 0.6 is 23.2 Å². The summed E-state index contributed by atoms with van der Waals surface area (Å²) in [6, 6.07) is 6.10. The predicted molar refractivity (Wildman–Crippen MR) is 122 cm³/mol. The molecule has 1 saturated carbocycles. The molecule has 1 heterocycles. The van der Waals surface area contributed by atoms with Gasteiger partial charge in [0.15, 0.2) is 0 Å². The molecule has 7 heteroatoms. The van der Waals surface area contributed by atoms with Gasteiger partial charge in [0.05, 0.1) is 15.7 Å². The van der Waals surface area contributed by atoms with Crippen molar-refractivity contribution in [3.63, 3.8) is 0 Å². The van der Waals surface area contributed by atoms with Crippen LogP contribution in [-0.4, -0.2) is 68.2 Å². The van der Waals surface area contributed by atoms with Gasteiger partial charge in [-0.2, -0.15) is 0 Å². The van der Waals surface area contributed by atoms with E-state index in [0.29, 0.717) is 29.2 Å². The fourth-order valence-electron chi connectivity index (χ4n) is 4.31. The first-order chi connectivity index (χ1) is 14.0. The zero-order valence-electron chi connectivity index (χ0n) is 17.7. The lowest BCUT2D eigenvalue weighted by Crippen LogP contribution is -2.54. The molecule has 1 aliphatic carbocycles. The first-order valence-corrected chi connectivity index (χ1v) is 11.7. The Balaban J connectivity index is 1.40. The molecular formula is C22H34Cl2N4O. The molecule has 2 amide bonds. The molecule has 0 unspecified atom stereocenters. The van der Waals surface area contributed by atoms with Gasteiger partial charge < -0.3 is 20.0 Å². The highest BCUT2D eigenvalue weighted by molar-refractivity contribution is 6.43. The first kappa shape index (κ1) is 22.5. The first-order valence-electron chi connectivity index (χ1n) is 10.9. The molecular weight excluding hydrogens is 407 g/mol. The molecule has 0 aromatic heterocycles. The van der Waals surface area contributed by atoms with Gasteiger partial charge in [-0.15, -0.1) is 0 Å².